The van der Waals surface area contributed by atoms with Crippen molar-refractivity contribution in [1.29, 1.82) is 0 Å². The molecule has 0 aliphatic heterocycles. The summed E-state index contributed by atoms with van der Waals surface area (Å²) in [6.07, 6.45) is -0.459. The molecule has 4 nitrogen and oxygen atoms in total. The molecule has 0 saturated carbocycles. The van der Waals surface area contributed by atoms with Gasteiger partial charge in [-0.1, -0.05) is 30.3 Å². The van der Waals surface area contributed by atoms with Crippen molar-refractivity contribution < 1.29 is 14.4 Å². The average Bonchev–Trinajstić information content (AvgIpc) is 2.19. The fourth-order valence-corrected chi connectivity index (χ4v) is 0.959. The number of rotatable bonds is 4. The number of amides is 1. The predicted molar refractivity (Wildman–Crippen MR) is 49.6 cm³/mol. The summed E-state index contributed by atoms with van der Waals surface area (Å²) in [6, 6.07) is 8.28. The minimum absolute atomic E-state index is 0.394. The molecule has 0 aliphatic carbocycles. The Morgan fingerprint density at radius 3 is 2.14 bits per heavy atom. The second-order valence-corrected chi connectivity index (χ2v) is 2.75. The Morgan fingerprint density at radius 1 is 1.07 bits per heavy atom. The number of primary amides is 1. The first-order valence-corrected chi connectivity index (χ1v) is 4.02. The molecule has 72 valence electrons. The van der Waals surface area contributed by atoms with E-state index in [1.54, 1.807) is 30.3 Å². The van der Waals surface area contributed by atoms with Crippen LogP contribution in [0.5, 0.6) is 0 Å². The molecule has 4 heteroatoms. The third-order valence-electron chi connectivity index (χ3n) is 1.69. The van der Waals surface area contributed by atoms with Gasteiger partial charge in [-0.05, 0) is 0 Å². The summed E-state index contributed by atoms with van der Waals surface area (Å²) in [5.41, 5.74) is 5.13. The molecule has 0 saturated heterocycles. The van der Waals surface area contributed by atoms with Gasteiger partial charge in [0.2, 0.25) is 5.78 Å². The molecule has 14 heavy (non-hydrogen) atoms. The molecule has 0 unspecified atom stereocenters. The van der Waals surface area contributed by atoms with Gasteiger partial charge in [0, 0.05) is 5.56 Å². The molecule has 0 radical (unpaired) electrons. The van der Waals surface area contributed by atoms with Crippen LogP contribution in [0.1, 0.15) is 16.8 Å². The van der Waals surface area contributed by atoms with E-state index in [1.165, 1.54) is 0 Å². The van der Waals surface area contributed by atoms with Gasteiger partial charge in [0.1, 0.15) is 0 Å². The first-order valence-electron chi connectivity index (χ1n) is 4.02. The van der Waals surface area contributed by atoms with Crippen LogP contribution in [0.15, 0.2) is 30.3 Å². The minimum atomic E-state index is -1.07. The standard InChI is InChI=1S/C10H9NO3/c11-10(14)9(13)6-8(12)7-4-2-1-3-5-7/h1-5H,6H2,(H2,11,14). The van der Waals surface area contributed by atoms with Crippen LogP contribution in [-0.2, 0) is 9.59 Å². The van der Waals surface area contributed by atoms with Crippen molar-refractivity contribution in [1.82, 2.24) is 0 Å². The Labute approximate surface area is 80.7 Å². The van der Waals surface area contributed by atoms with Crippen molar-refractivity contribution in [3.8, 4) is 0 Å². The molecular weight excluding hydrogens is 182 g/mol. The molecule has 0 aliphatic rings. The second kappa shape index (κ2) is 4.32. The minimum Gasteiger partial charge on any atom is -0.363 e. The van der Waals surface area contributed by atoms with E-state index in [2.05, 4.69) is 0 Å². The van der Waals surface area contributed by atoms with Crippen molar-refractivity contribution >= 4 is 17.5 Å². The lowest BCUT2D eigenvalue weighted by Gasteiger charge is -1.97. The van der Waals surface area contributed by atoms with Gasteiger partial charge in [0.25, 0.3) is 5.91 Å². The Bertz CT molecular complexity index is 370. The lowest BCUT2D eigenvalue weighted by Crippen LogP contribution is -2.25. The van der Waals surface area contributed by atoms with Crippen LogP contribution in [0.3, 0.4) is 0 Å². The van der Waals surface area contributed by atoms with Crippen LogP contribution in [0.4, 0.5) is 0 Å². The number of carbonyl (C=O) groups excluding carboxylic acids is 3. The molecule has 1 amide bonds. The molecule has 0 bridgehead atoms. The summed E-state index contributed by atoms with van der Waals surface area (Å²) >= 11 is 0. The third-order valence-corrected chi connectivity index (χ3v) is 1.69. The van der Waals surface area contributed by atoms with E-state index in [0.29, 0.717) is 5.56 Å². The summed E-state index contributed by atoms with van der Waals surface area (Å²) in [5.74, 6) is -2.33. The summed E-state index contributed by atoms with van der Waals surface area (Å²) in [6.45, 7) is 0. The van der Waals surface area contributed by atoms with E-state index in [0.717, 1.165) is 0 Å². The molecule has 2 N–H and O–H groups in total. The molecule has 1 aromatic rings. The highest BCUT2D eigenvalue weighted by Crippen LogP contribution is 2.02. The van der Waals surface area contributed by atoms with Crippen molar-refractivity contribution in [2.24, 2.45) is 5.73 Å². The van der Waals surface area contributed by atoms with E-state index in [9.17, 15) is 14.4 Å². The molecule has 1 rings (SSSR count). The Balaban J connectivity index is 2.69. The van der Waals surface area contributed by atoms with Crippen LogP contribution in [0.2, 0.25) is 0 Å². The number of hydrogen-bond acceptors (Lipinski definition) is 3. The highest BCUT2D eigenvalue weighted by atomic mass is 16.2. The quantitative estimate of drug-likeness (QED) is 0.422. The van der Waals surface area contributed by atoms with Crippen molar-refractivity contribution in [3.05, 3.63) is 35.9 Å². The zero-order valence-electron chi connectivity index (χ0n) is 7.40. The van der Waals surface area contributed by atoms with E-state index >= 15 is 0 Å². The molecular formula is C10H9NO3. The lowest BCUT2D eigenvalue weighted by molar-refractivity contribution is -0.135. The van der Waals surface area contributed by atoms with Crippen LogP contribution < -0.4 is 5.73 Å². The van der Waals surface area contributed by atoms with Crippen molar-refractivity contribution in [2.45, 2.75) is 6.42 Å². The fraction of sp³-hybridized carbons (Fsp3) is 0.100. The zero-order valence-corrected chi connectivity index (χ0v) is 7.40. The number of carbonyl (C=O) groups is 3. The molecule has 0 aromatic heterocycles. The maximum atomic E-state index is 11.3. The molecule has 0 atom stereocenters. The van der Waals surface area contributed by atoms with E-state index in [4.69, 9.17) is 5.73 Å². The summed E-state index contributed by atoms with van der Waals surface area (Å²) < 4.78 is 0. The molecule has 0 fully saturated rings. The van der Waals surface area contributed by atoms with Gasteiger partial charge in [-0.25, -0.2) is 0 Å². The van der Waals surface area contributed by atoms with E-state index in [1.807, 2.05) is 0 Å². The smallest absolute Gasteiger partial charge is 0.285 e. The Morgan fingerprint density at radius 2 is 1.64 bits per heavy atom. The highest BCUT2D eigenvalue weighted by Gasteiger charge is 2.15. The zero-order chi connectivity index (χ0) is 10.6. The number of hydrogen-bond donors (Lipinski definition) is 1. The first-order chi connectivity index (χ1) is 6.61. The maximum absolute atomic E-state index is 11.3. The number of benzene rings is 1. The second-order valence-electron chi connectivity index (χ2n) is 2.75. The van der Waals surface area contributed by atoms with Gasteiger partial charge >= 0.3 is 0 Å². The summed E-state index contributed by atoms with van der Waals surface area (Å²) in [5, 5.41) is 0. The number of Topliss-reactive ketones (excluding diaryl/α,β-unsaturated/α-hetero) is 2. The summed E-state index contributed by atoms with van der Waals surface area (Å²) in [4.78, 5) is 32.5. The Kier molecular flexibility index (Phi) is 3.12. The van der Waals surface area contributed by atoms with Crippen molar-refractivity contribution in [2.75, 3.05) is 0 Å². The van der Waals surface area contributed by atoms with Crippen LogP contribution in [0.25, 0.3) is 0 Å². The monoisotopic (exact) mass is 191 g/mol. The van der Waals surface area contributed by atoms with Gasteiger partial charge in [-0.2, -0.15) is 0 Å². The number of ketones is 2. The van der Waals surface area contributed by atoms with E-state index < -0.39 is 23.9 Å². The Hall–Kier alpha value is -1.97. The molecule has 1 aromatic carbocycles. The molecule has 0 spiro atoms. The van der Waals surface area contributed by atoms with Crippen LogP contribution in [-0.4, -0.2) is 17.5 Å². The van der Waals surface area contributed by atoms with Crippen LogP contribution >= 0.6 is 0 Å². The fourth-order valence-electron chi connectivity index (χ4n) is 0.959. The van der Waals surface area contributed by atoms with Gasteiger partial charge in [-0.3, -0.25) is 14.4 Å². The SMILES string of the molecule is NC(=O)C(=O)CC(=O)c1ccccc1. The highest BCUT2D eigenvalue weighted by molar-refractivity contribution is 6.39. The number of nitrogens with two attached hydrogens (primary N) is 1. The summed E-state index contributed by atoms with van der Waals surface area (Å²) in [7, 11) is 0. The predicted octanol–water partition coefficient (Wildman–Crippen LogP) is 0.314. The van der Waals surface area contributed by atoms with E-state index in [-0.39, 0.29) is 0 Å². The van der Waals surface area contributed by atoms with Gasteiger partial charge in [0.15, 0.2) is 5.78 Å². The normalized spacial score (nSPS) is 9.43. The topological polar surface area (TPSA) is 77.2 Å². The maximum Gasteiger partial charge on any atom is 0.285 e. The van der Waals surface area contributed by atoms with Gasteiger partial charge in [0.05, 0.1) is 6.42 Å². The lowest BCUT2D eigenvalue weighted by atomic mass is 10.1. The van der Waals surface area contributed by atoms with Gasteiger partial charge < -0.3 is 5.73 Å². The van der Waals surface area contributed by atoms with Crippen LogP contribution in [0, 0.1) is 0 Å². The van der Waals surface area contributed by atoms with Crippen molar-refractivity contribution in [3.63, 3.8) is 0 Å². The van der Waals surface area contributed by atoms with Gasteiger partial charge in [-0.15, -0.1) is 0 Å². The average molecular weight is 191 g/mol. The largest absolute Gasteiger partial charge is 0.363 e. The molecule has 0 heterocycles. The third kappa shape index (κ3) is 2.52. The first kappa shape index (κ1) is 10.1.